The van der Waals surface area contributed by atoms with Crippen LogP contribution in [0.2, 0.25) is 5.02 Å². The lowest BCUT2D eigenvalue weighted by Crippen LogP contribution is -2.23. The van der Waals surface area contributed by atoms with Crippen LogP contribution in [-0.2, 0) is 4.79 Å². The molecule has 0 atom stereocenters. The Kier molecular flexibility index (Phi) is 6.08. The van der Waals surface area contributed by atoms with E-state index in [1.807, 2.05) is 49.4 Å². The number of nitrogens with zero attached hydrogens (tertiary/aromatic N) is 2. The van der Waals surface area contributed by atoms with Gasteiger partial charge >= 0.3 is 0 Å². The second kappa shape index (κ2) is 8.50. The normalized spacial score (nSPS) is 17.0. The molecule has 0 aliphatic carbocycles. The van der Waals surface area contributed by atoms with Crippen molar-refractivity contribution in [3.8, 4) is 11.5 Å². The minimum Gasteiger partial charge on any atom is -0.493 e. The maximum Gasteiger partial charge on any atom is 0.266 e. The predicted octanol–water partition coefficient (Wildman–Crippen LogP) is 4.98. The summed E-state index contributed by atoms with van der Waals surface area (Å²) in [6.07, 6.45) is 1.82. The minimum absolute atomic E-state index is 0.111. The Labute approximate surface area is 167 Å². The number of likely N-dealkylation sites (N-methyl/N-ethyl adjacent to an activating group) is 1. The van der Waals surface area contributed by atoms with Crippen molar-refractivity contribution in [2.24, 2.45) is 4.99 Å². The maximum atomic E-state index is 12.6. The first-order chi connectivity index (χ1) is 13.0. The number of carbonyl (C=O) groups excluding carboxylic acids is 1. The second-order valence-electron chi connectivity index (χ2n) is 5.66. The number of thioether (sulfide) groups is 1. The smallest absolute Gasteiger partial charge is 0.266 e. The van der Waals surface area contributed by atoms with Gasteiger partial charge in [-0.05, 0) is 54.6 Å². The lowest BCUT2D eigenvalue weighted by atomic mass is 10.2. The standard InChI is InChI=1S/C20H19ClN2O3S/c1-4-26-17-11-13(9-10-16(17)25-3)12-18-19(24)23(2)20(27-18)22-15-8-6-5-7-14(15)21/h5-12H,4H2,1-3H3/b18-12+,22-20?. The molecular formula is C20H19ClN2O3S. The van der Waals surface area contributed by atoms with Crippen LogP contribution in [0.1, 0.15) is 12.5 Å². The lowest BCUT2D eigenvalue weighted by Gasteiger charge is -2.09. The molecule has 2 aromatic carbocycles. The summed E-state index contributed by atoms with van der Waals surface area (Å²) in [5.41, 5.74) is 1.48. The average Bonchev–Trinajstić information content (AvgIpc) is 2.92. The van der Waals surface area contributed by atoms with Gasteiger partial charge in [0, 0.05) is 7.05 Å². The van der Waals surface area contributed by atoms with E-state index < -0.39 is 0 Å². The summed E-state index contributed by atoms with van der Waals surface area (Å²) in [6.45, 7) is 2.44. The second-order valence-corrected chi connectivity index (χ2v) is 7.08. The van der Waals surface area contributed by atoms with Gasteiger partial charge in [0.1, 0.15) is 0 Å². The molecule has 5 nitrogen and oxygen atoms in total. The first-order valence-corrected chi connectivity index (χ1v) is 9.54. The molecule has 1 saturated heterocycles. The van der Waals surface area contributed by atoms with Crippen LogP contribution in [0.4, 0.5) is 5.69 Å². The van der Waals surface area contributed by atoms with E-state index in [0.717, 1.165) is 5.56 Å². The highest BCUT2D eigenvalue weighted by Crippen LogP contribution is 2.36. The number of benzene rings is 2. The summed E-state index contributed by atoms with van der Waals surface area (Å²) < 4.78 is 10.9. The summed E-state index contributed by atoms with van der Waals surface area (Å²) in [7, 11) is 3.30. The van der Waals surface area contributed by atoms with Gasteiger partial charge in [-0.1, -0.05) is 29.8 Å². The Bertz CT molecular complexity index is 927. The third-order valence-electron chi connectivity index (χ3n) is 3.86. The molecule has 2 aromatic rings. The van der Waals surface area contributed by atoms with Gasteiger partial charge in [-0.3, -0.25) is 9.69 Å². The number of methoxy groups -OCH3 is 1. The third kappa shape index (κ3) is 4.28. The molecule has 0 radical (unpaired) electrons. The van der Waals surface area contributed by atoms with E-state index in [0.29, 0.717) is 38.9 Å². The van der Waals surface area contributed by atoms with E-state index in [1.54, 1.807) is 20.2 Å². The topological polar surface area (TPSA) is 51.1 Å². The number of aliphatic imine (C=N–C) groups is 1. The first kappa shape index (κ1) is 19.3. The Hall–Kier alpha value is -2.44. The molecule has 1 heterocycles. The zero-order chi connectivity index (χ0) is 19.4. The van der Waals surface area contributed by atoms with Gasteiger partial charge in [-0.25, -0.2) is 4.99 Å². The highest BCUT2D eigenvalue weighted by Gasteiger charge is 2.30. The Morgan fingerprint density at radius 2 is 2.00 bits per heavy atom. The van der Waals surface area contributed by atoms with E-state index in [-0.39, 0.29) is 5.91 Å². The molecule has 1 fully saturated rings. The number of amidine groups is 1. The van der Waals surface area contributed by atoms with Gasteiger partial charge in [-0.2, -0.15) is 0 Å². The minimum atomic E-state index is -0.111. The summed E-state index contributed by atoms with van der Waals surface area (Å²) in [5, 5.41) is 1.12. The van der Waals surface area contributed by atoms with Crippen LogP contribution in [0.5, 0.6) is 11.5 Å². The molecule has 0 N–H and O–H groups in total. The number of rotatable bonds is 5. The van der Waals surface area contributed by atoms with Crippen LogP contribution in [0.25, 0.3) is 6.08 Å². The molecule has 0 bridgehead atoms. The number of halogens is 1. The van der Waals surface area contributed by atoms with Crippen molar-refractivity contribution in [1.82, 2.24) is 4.90 Å². The number of ether oxygens (including phenoxy) is 2. The zero-order valence-electron chi connectivity index (χ0n) is 15.2. The first-order valence-electron chi connectivity index (χ1n) is 8.35. The Morgan fingerprint density at radius 1 is 1.22 bits per heavy atom. The molecule has 0 unspecified atom stereocenters. The number of carbonyl (C=O) groups is 1. The predicted molar refractivity (Wildman–Crippen MR) is 111 cm³/mol. The zero-order valence-corrected chi connectivity index (χ0v) is 16.8. The van der Waals surface area contributed by atoms with Gasteiger partial charge < -0.3 is 9.47 Å². The Balaban J connectivity index is 1.91. The summed E-state index contributed by atoms with van der Waals surface area (Å²) in [4.78, 5) is 19.2. The lowest BCUT2D eigenvalue weighted by molar-refractivity contribution is -0.121. The summed E-state index contributed by atoms with van der Waals surface area (Å²) in [5.74, 6) is 1.19. The van der Waals surface area contributed by atoms with Gasteiger partial charge in [-0.15, -0.1) is 0 Å². The summed E-state index contributed by atoms with van der Waals surface area (Å²) in [6, 6.07) is 12.8. The molecule has 0 spiro atoms. The quantitative estimate of drug-likeness (QED) is 0.662. The highest BCUT2D eigenvalue weighted by atomic mass is 35.5. The molecule has 1 aliphatic heterocycles. The molecule has 0 saturated carbocycles. The Morgan fingerprint density at radius 3 is 2.70 bits per heavy atom. The van der Waals surface area contributed by atoms with Gasteiger partial charge in [0.2, 0.25) is 0 Å². The van der Waals surface area contributed by atoms with Gasteiger partial charge in [0.05, 0.1) is 29.3 Å². The summed E-state index contributed by atoms with van der Waals surface area (Å²) >= 11 is 7.48. The van der Waals surface area contributed by atoms with Crippen LogP contribution >= 0.6 is 23.4 Å². The van der Waals surface area contributed by atoms with Crippen molar-refractivity contribution >= 4 is 46.2 Å². The molecule has 3 rings (SSSR count). The van der Waals surface area contributed by atoms with Crippen LogP contribution in [-0.4, -0.2) is 36.7 Å². The molecule has 1 amide bonds. The van der Waals surface area contributed by atoms with Crippen molar-refractivity contribution in [2.45, 2.75) is 6.92 Å². The van der Waals surface area contributed by atoms with E-state index in [2.05, 4.69) is 4.99 Å². The SMILES string of the molecule is CCOc1cc(/C=C2/SC(=Nc3ccccc3Cl)N(C)C2=O)ccc1OC. The largest absolute Gasteiger partial charge is 0.493 e. The van der Waals surface area contributed by atoms with Crippen molar-refractivity contribution < 1.29 is 14.3 Å². The number of hydrogen-bond donors (Lipinski definition) is 0. The van der Waals surface area contributed by atoms with Gasteiger partial charge in [0.25, 0.3) is 5.91 Å². The highest BCUT2D eigenvalue weighted by molar-refractivity contribution is 8.18. The fraction of sp³-hybridized carbons (Fsp3) is 0.200. The van der Waals surface area contributed by atoms with Crippen molar-refractivity contribution in [2.75, 3.05) is 20.8 Å². The van der Waals surface area contributed by atoms with E-state index in [1.165, 1.54) is 16.7 Å². The molecule has 0 aromatic heterocycles. The average molecular weight is 403 g/mol. The van der Waals surface area contributed by atoms with Crippen molar-refractivity contribution in [3.05, 3.63) is 58.0 Å². The molecule has 7 heteroatoms. The van der Waals surface area contributed by atoms with Crippen molar-refractivity contribution in [3.63, 3.8) is 0 Å². The number of amides is 1. The van der Waals surface area contributed by atoms with E-state index in [9.17, 15) is 4.79 Å². The molecular weight excluding hydrogens is 384 g/mol. The number of para-hydroxylation sites is 1. The van der Waals surface area contributed by atoms with Gasteiger partial charge in [0.15, 0.2) is 16.7 Å². The van der Waals surface area contributed by atoms with Crippen LogP contribution in [0.15, 0.2) is 52.4 Å². The van der Waals surface area contributed by atoms with Crippen LogP contribution in [0, 0.1) is 0 Å². The molecule has 1 aliphatic rings. The number of hydrogen-bond acceptors (Lipinski definition) is 5. The van der Waals surface area contributed by atoms with E-state index in [4.69, 9.17) is 21.1 Å². The monoisotopic (exact) mass is 402 g/mol. The third-order valence-corrected chi connectivity index (χ3v) is 5.24. The van der Waals surface area contributed by atoms with Crippen molar-refractivity contribution in [1.29, 1.82) is 0 Å². The fourth-order valence-electron chi connectivity index (χ4n) is 2.50. The fourth-order valence-corrected chi connectivity index (χ4v) is 3.66. The maximum absolute atomic E-state index is 12.6. The van der Waals surface area contributed by atoms with E-state index >= 15 is 0 Å². The molecule has 27 heavy (non-hydrogen) atoms. The molecule has 140 valence electrons. The van der Waals surface area contributed by atoms with Crippen LogP contribution in [0.3, 0.4) is 0 Å². The van der Waals surface area contributed by atoms with Crippen LogP contribution < -0.4 is 9.47 Å².